The molecule has 2 rings (SSSR count). The van der Waals surface area contributed by atoms with Crippen molar-refractivity contribution in [2.45, 2.75) is 6.36 Å². The molecule has 1 aromatic heterocycles. The Bertz CT molecular complexity index is 692. The topological polar surface area (TPSA) is 120 Å². The summed E-state index contributed by atoms with van der Waals surface area (Å²) in [5, 5.41) is 23.6. The molecule has 1 heterocycles. The zero-order valence-electron chi connectivity index (χ0n) is 9.69. The number of guanidine groups is 1. The van der Waals surface area contributed by atoms with E-state index in [1.807, 2.05) is 0 Å². The van der Waals surface area contributed by atoms with Gasteiger partial charge in [0.05, 0.1) is 5.52 Å². The van der Waals surface area contributed by atoms with E-state index in [1.54, 1.807) is 0 Å². The van der Waals surface area contributed by atoms with Crippen LogP contribution in [0.5, 0.6) is 11.6 Å². The van der Waals surface area contributed by atoms with Gasteiger partial charge in [-0.1, -0.05) is 0 Å². The number of ether oxygens (including phenoxy) is 1. The molecule has 0 fully saturated rings. The zero-order valence-corrected chi connectivity index (χ0v) is 9.69. The van der Waals surface area contributed by atoms with Crippen molar-refractivity contribution in [3.8, 4) is 11.6 Å². The summed E-state index contributed by atoms with van der Waals surface area (Å²) in [4.78, 5) is 2.42. The second kappa shape index (κ2) is 4.72. The van der Waals surface area contributed by atoms with Crippen LogP contribution in [0.25, 0.3) is 10.9 Å². The first-order valence-corrected chi connectivity index (χ1v) is 5.12. The van der Waals surface area contributed by atoms with Gasteiger partial charge in [0.1, 0.15) is 5.75 Å². The molecular weight excluding hydrogens is 279 g/mol. The van der Waals surface area contributed by atoms with Crippen LogP contribution in [0.3, 0.4) is 0 Å². The maximum Gasteiger partial charge on any atom is 0.573 e. The molecule has 0 aliphatic rings. The van der Waals surface area contributed by atoms with Crippen LogP contribution in [0.15, 0.2) is 28.4 Å². The van der Waals surface area contributed by atoms with Crippen LogP contribution in [0, 0.1) is 5.41 Å². The summed E-state index contributed by atoms with van der Waals surface area (Å²) in [5.74, 6) is -1.42. The third kappa shape index (κ3) is 2.96. The Morgan fingerprint density at radius 2 is 2.10 bits per heavy atom. The largest absolute Gasteiger partial charge is 0.573 e. The van der Waals surface area contributed by atoms with Crippen LogP contribution in [0.4, 0.5) is 18.9 Å². The average Bonchev–Trinajstić information content (AvgIpc) is 2.59. The first kappa shape index (κ1) is 13.6. The van der Waals surface area contributed by atoms with Gasteiger partial charge in [0.25, 0.3) is 0 Å². The first-order chi connectivity index (χ1) is 9.26. The quantitative estimate of drug-likeness (QED) is 0.386. The van der Waals surface area contributed by atoms with Crippen molar-refractivity contribution in [1.29, 1.82) is 5.41 Å². The number of rotatable bonds is 2. The lowest BCUT2D eigenvalue weighted by Crippen LogP contribution is -2.16. The summed E-state index contributed by atoms with van der Waals surface area (Å²) in [6, 6.07) is 3.38. The zero-order chi connectivity index (χ0) is 14.9. The maximum atomic E-state index is 12.1. The molecular formula is C10H8F3N5O2. The third-order valence-electron chi connectivity index (χ3n) is 2.21. The number of aromatic nitrogens is 1. The number of halogens is 3. The van der Waals surface area contributed by atoms with Gasteiger partial charge in [0, 0.05) is 11.5 Å². The van der Waals surface area contributed by atoms with Crippen LogP contribution in [-0.4, -0.2) is 22.4 Å². The molecule has 0 saturated carbocycles. The maximum absolute atomic E-state index is 12.1. The lowest BCUT2D eigenvalue weighted by Gasteiger charge is -2.08. The standard InChI is InChI=1S/C10H8F3N5O2/c11-10(12,13)20-4-1-2-5-6(3-4)16-8(19)7(5)17-18-9(14)15/h1-3,16,19H,(H3,14,15). The molecule has 7 nitrogen and oxygen atoms in total. The van der Waals surface area contributed by atoms with E-state index < -0.39 is 24.0 Å². The van der Waals surface area contributed by atoms with Gasteiger partial charge in [-0.15, -0.1) is 23.4 Å². The van der Waals surface area contributed by atoms with E-state index >= 15 is 0 Å². The normalized spacial score (nSPS) is 12.2. The third-order valence-corrected chi connectivity index (χ3v) is 2.21. The van der Waals surface area contributed by atoms with E-state index in [-0.39, 0.29) is 11.2 Å². The molecule has 106 valence electrons. The van der Waals surface area contributed by atoms with E-state index in [1.165, 1.54) is 6.07 Å². The molecule has 2 aromatic rings. The number of hydrogen-bond acceptors (Lipinski definition) is 4. The Kier molecular flexibility index (Phi) is 3.22. The summed E-state index contributed by atoms with van der Waals surface area (Å²) < 4.78 is 40.0. The smallest absolute Gasteiger partial charge is 0.493 e. The summed E-state index contributed by atoms with van der Waals surface area (Å²) in [6.07, 6.45) is -4.81. The highest BCUT2D eigenvalue weighted by Crippen LogP contribution is 2.37. The number of nitrogens with two attached hydrogens (primary N) is 1. The molecule has 0 aliphatic heterocycles. The molecule has 20 heavy (non-hydrogen) atoms. The monoisotopic (exact) mass is 287 g/mol. The molecule has 0 spiro atoms. The molecule has 0 unspecified atom stereocenters. The van der Waals surface area contributed by atoms with Crippen LogP contribution < -0.4 is 10.5 Å². The molecule has 0 aliphatic carbocycles. The number of benzene rings is 1. The van der Waals surface area contributed by atoms with E-state index in [0.717, 1.165) is 12.1 Å². The predicted octanol–water partition coefficient (Wildman–Crippen LogP) is 2.75. The molecule has 0 saturated heterocycles. The molecule has 0 bridgehead atoms. The van der Waals surface area contributed by atoms with E-state index in [0.29, 0.717) is 5.39 Å². The van der Waals surface area contributed by atoms with Gasteiger partial charge in [-0.3, -0.25) is 5.41 Å². The van der Waals surface area contributed by atoms with E-state index in [9.17, 15) is 18.3 Å². The lowest BCUT2D eigenvalue weighted by molar-refractivity contribution is -0.274. The number of azo groups is 1. The van der Waals surface area contributed by atoms with Crippen LogP contribution >= 0.6 is 0 Å². The van der Waals surface area contributed by atoms with Crippen molar-refractivity contribution in [2.75, 3.05) is 0 Å². The summed E-state index contributed by atoms with van der Waals surface area (Å²) in [7, 11) is 0. The number of alkyl halides is 3. The highest BCUT2D eigenvalue weighted by atomic mass is 19.4. The molecule has 0 atom stereocenters. The summed E-state index contributed by atoms with van der Waals surface area (Å²) >= 11 is 0. The highest BCUT2D eigenvalue weighted by molar-refractivity contribution is 5.95. The van der Waals surface area contributed by atoms with Gasteiger partial charge in [0.15, 0.2) is 5.69 Å². The van der Waals surface area contributed by atoms with Gasteiger partial charge >= 0.3 is 6.36 Å². The minimum Gasteiger partial charge on any atom is -0.493 e. The number of aromatic amines is 1. The van der Waals surface area contributed by atoms with Gasteiger partial charge in [0.2, 0.25) is 11.8 Å². The molecule has 5 N–H and O–H groups in total. The minimum atomic E-state index is -4.81. The second-order valence-corrected chi connectivity index (χ2v) is 3.66. The molecule has 1 aromatic carbocycles. The van der Waals surface area contributed by atoms with Crippen LogP contribution in [0.1, 0.15) is 0 Å². The molecule has 0 radical (unpaired) electrons. The Hall–Kier alpha value is -2.78. The SMILES string of the molecule is N=C(N)N=Nc1c(O)[nH]c2cc(OC(F)(F)F)ccc12. The number of fused-ring (bicyclic) bond motifs is 1. The Balaban J connectivity index is 2.44. The van der Waals surface area contributed by atoms with Gasteiger partial charge in [-0.05, 0) is 12.1 Å². The van der Waals surface area contributed by atoms with Crippen molar-refractivity contribution < 1.29 is 23.0 Å². The number of nitrogens with one attached hydrogen (secondary N) is 2. The first-order valence-electron chi connectivity index (χ1n) is 5.12. The summed E-state index contributed by atoms with van der Waals surface area (Å²) in [5.41, 5.74) is 5.12. The Morgan fingerprint density at radius 3 is 2.70 bits per heavy atom. The Labute approximate surface area is 109 Å². The Morgan fingerprint density at radius 1 is 1.40 bits per heavy atom. The van der Waals surface area contributed by atoms with Crippen molar-refractivity contribution >= 4 is 22.5 Å². The van der Waals surface area contributed by atoms with Crippen molar-refractivity contribution in [3.63, 3.8) is 0 Å². The van der Waals surface area contributed by atoms with Crippen molar-refractivity contribution in [3.05, 3.63) is 18.2 Å². The lowest BCUT2D eigenvalue weighted by atomic mass is 10.2. The predicted molar refractivity (Wildman–Crippen MR) is 63.1 cm³/mol. The van der Waals surface area contributed by atoms with Crippen molar-refractivity contribution in [1.82, 2.24) is 4.98 Å². The summed E-state index contributed by atoms with van der Waals surface area (Å²) in [6.45, 7) is 0. The fourth-order valence-electron chi connectivity index (χ4n) is 1.55. The van der Waals surface area contributed by atoms with Gasteiger partial charge < -0.3 is 20.6 Å². The molecule has 0 amide bonds. The van der Waals surface area contributed by atoms with E-state index in [4.69, 9.17) is 11.1 Å². The molecule has 10 heteroatoms. The fraction of sp³-hybridized carbons (Fsp3) is 0.100. The minimum absolute atomic E-state index is 0.0336. The number of hydrogen-bond donors (Lipinski definition) is 4. The highest BCUT2D eigenvalue weighted by Gasteiger charge is 2.31. The second-order valence-electron chi connectivity index (χ2n) is 3.66. The van der Waals surface area contributed by atoms with Gasteiger partial charge in [-0.25, -0.2) is 0 Å². The number of H-pyrrole nitrogens is 1. The fourth-order valence-corrected chi connectivity index (χ4v) is 1.55. The number of nitrogens with zero attached hydrogens (tertiary/aromatic N) is 2. The van der Waals surface area contributed by atoms with E-state index in [2.05, 4.69) is 19.9 Å². The van der Waals surface area contributed by atoms with Gasteiger partial charge in [-0.2, -0.15) is 0 Å². The average molecular weight is 287 g/mol. The number of aromatic hydroxyl groups is 1. The van der Waals surface area contributed by atoms with Crippen LogP contribution in [0.2, 0.25) is 0 Å². The van der Waals surface area contributed by atoms with Crippen LogP contribution in [-0.2, 0) is 0 Å². The van der Waals surface area contributed by atoms with Crippen molar-refractivity contribution in [2.24, 2.45) is 16.0 Å².